The van der Waals surface area contributed by atoms with Crippen LogP contribution in [0.1, 0.15) is 84.1 Å². The minimum Gasteiger partial charge on any atom is -0.460 e. The minimum atomic E-state index is -0.526. The number of benzene rings is 1. The van der Waals surface area contributed by atoms with E-state index < -0.39 is 5.41 Å². The summed E-state index contributed by atoms with van der Waals surface area (Å²) in [5, 5.41) is 5.10. The molecule has 0 saturated heterocycles. The highest BCUT2D eigenvalue weighted by Crippen LogP contribution is 2.32. The number of Topliss-reactive ketones (excluding diaryl/α,β-unsaturated/α-hetero) is 2. The first kappa shape index (κ1) is 38.7. The number of unbranched alkanes of at least 4 members (excludes halogenated alkanes) is 3. The average Bonchev–Trinajstić information content (AvgIpc) is 3.34. The number of esters is 1. The molecule has 0 fully saturated rings. The molecule has 1 aromatic carbocycles. The van der Waals surface area contributed by atoms with Crippen LogP contribution in [0.3, 0.4) is 0 Å². The van der Waals surface area contributed by atoms with Crippen LogP contribution in [0.4, 0.5) is 0 Å². The predicted octanol–water partition coefficient (Wildman–Crippen LogP) is 4.32. The largest absolute Gasteiger partial charge is 0.460 e. The highest BCUT2D eigenvalue weighted by Gasteiger charge is 2.23. The van der Waals surface area contributed by atoms with Crippen molar-refractivity contribution in [3.63, 3.8) is 0 Å². The molecule has 1 aliphatic heterocycles. The smallest absolute Gasteiger partial charge is 0.311 e. The van der Waals surface area contributed by atoms with Crippen molar-refractivity contribution < 1.29 is 38.3 Å². The van der Waals surface area contributed by atoms with Crippen LogP contribution in [0.2, 0.25) is 0 Å². The van der Waals surface area contributed by atoms with E-state index in [0.717, 1.165) is 27.5 Å². The number of hydrogen-bond acceptors (Lipinski definition) is 10. The fourth-order valence-electron chi connectivity index (χ4n) is 3.98. The third kappa shape index (κ3) is 16.2. The van der Waals surface area contributed by atoms with E-state index in [1.165, 1.54) is 12.2 Å². The van der Waals surface area contributed by atoms with Gasteiger partial charge in [-0.3, -0.25) is 38.5 Å². The molecular formula is C33H45N3O8S2. The Balaban J connectivity index is 1.43. The molecule has 1 aromatic rings. The minimum absolute atomic E-state index is 0.0332. The van der Waals surface area contributed by atoms with Gasteiger partial charge in [-0.1, -0.05) is 40.1 Å². The zero-order valence-corrected chi connectivity index (χ0v) is 28.5. The number of carbonyl (C=O) groups is 7. The number of carbonyl (C=O) groups excluding carboxylic acids is 7. The van der Waals surface area contributed by atoms with Gasteiger partial charge in [0.1, 0.15) is 6.61 Å². The first-order chi connectivity index (χ1) is 21.8. The molecular weight excluding hydrogens is 631 g/mol. The zero-order chi connectivity index (χ0) is 34.0. The summed E-state index contributed by atoms with van der Waals surface area (Å²) in [6.45, 7) is 5.79. The maximum absolute atomic E-state index is 12.1. The third-order valence-electron chi connectivity index (χ3n) is 6.78. The van der Waals surface area contributed by atoms with Crippen LogP contribution < -0.4 is 10.6 Å². The molecule has 0 aromatic heterocycles. The Morgan fingerprint density at radius 3 is 1.96 bits per heavy atom. The number of nitrogens with one attached hydrogen (secondary N) is 2. The van der Waals surface area contributed by atoms with E-state index in [0.29, 0.717) is 38.6 Å². The predicted molar refractivity (Wildman–Crippen MR) is 177 cm³/mol. The van der Waals surface area contributed by atoms with Crippen molar-refractivity contribution in [3.05, 3.63) is 42.0 Å². The van der Waals surface area contributed by atoms with Crippen LogP contribution in [0, 0.1) is 5.41 Å². The topological polar surface area (TPSA) is 156 Å². The normalized spacial score (nSPS) is 12.7. The van der Waals surface area contributed by atoms with Crippen LogP contribution >= 0.6 is 21.6 Å². The van der Waals surface area contributed by atoms with Crippen LogP contribution in [0.15, 0.2) is 41.3 Å². The SMILES string of the molecule is CC(C)(C)C(=O)OCc1ccc(SSCCCCC(=O)CNC(=O)CCC(=O)CNC(=O)CCCCCN2C(=O)C=CC2=O)cc1. The Kier molecular flexibility index (Phi) is 17.4. The molecule has 0 atom stereocenters. The molecule has 2 rings (SSSR count). The number of rotatable bonds is 22. The lowest BCUT2D eigenvalue weighted by Crippen LogP contribution is -2.32. The summed E-state index contributed by atoms with van der Waals surface area (Å²) in [7, 11) is 3.34. The van der Waals surface area contributed by atoms with E-state index in [1.807, 2.05) is 45.0 Å². The van der Waals surface area contributed by atoms with Gasteiger partial charge in [-0.25, -0.2) is 0 Å². The number of ketones is 2. The molecule has 11 nitrogen and oxygen atoms in total. The van der Waals surface area contributed by atoms with Gasteiger partial charge in [-0.15, -0.1) is 0 Å². The lowest BCUT2D eigenvalue weighted by Gasteiger charge is -2.16. The molecule has 1 aliphatic rings. The van der Waals surface area contributed by atoms with Gasteiger partial charge in [-0.05, 0) is 64.2 Å². The van der Waals surface area contributed by atoms with E-state index in [-0.39, 0.29) is 80.1 Å². The summed E-state index contributed by atoms with van der Waals surface area (Å²) in [5.74, 6) is -1.01. The Morgan fingerprint density at radius 2 is 1.33 bits per heavy atom. The lowest BCUT2D eigenvalue weighted by molar-refractivity contribution is -0.154. The van der Waals surface area contributed by atoms with E-state index in [4.69, 9.17) is 4.74 Å². The van der Waals surface area contributed by atoms with Crippen molar-refractivity contribution >= 4 is 62.8 Å². The van der Waals surface area contributed by atoms with Gasteiger partial charge in [0.15, 0.2) is 11.6 Å². The Hall–Kier alpha value is -3.45. The second-order valence-corrected chi connectivity index (χ2v) is 14.4. The van der Waals surface area contributed by atoms with E-state index in [1.54, 1.807) is 21.6 Å². The maximum Gasteiger partial charge on any atom is 0.311 e. The van der Waals surface area contributed by atoms with Gasteiger partial charge in [0.05, 0.1) is 18.5 Å². The van der Waals surface area contributed by atoms with Crippen molar-refractivity contribution in [1.29, 1.82) is 0 Å². The number of imide groups is 1. The monoisotopic (exact) mass is 675 g/mol. The maximum atomic E-state index is 12.1. The van der Waals surface area contributed by atoms with E-state index in [2.05, 4.69) is 10.6 Å². The summed E-state index contributed by atoms with van der Waals surface area (Å²) in [4.78, 5) is 85.2. The van der Waals surface area contributed by atoms with Crippen molar-refractivity contribution in [3.8, 4) is 0 Å². The summed E-state index contributed by atoms with van der Waals surface area (Å²) in [6, 6.07) is 7.86. The second-order valence-electron chi connectivity index (χ2n) is 11.9. The second kappa shape index (κ2) is 20.6. The fraction of sp³-hybridized carbons (Fsp3) is 0.545. The Morgan fingerprint density at radius 1 is 0.739 bits per heavy atom. The van der Waals surface area contributed by atoms with Gasteiger partial charge in [0, 0.05) is 55.0 Å². The number of hydrogen-bond donors (Lipinski definition) is 2. The molecule has 0 saturated carbocycles. The molecule has 252 valence electrons. The van der Waals surface area contributed by atoms with Gasteiger partial charge in [0.25, 0.3) is 11.8 Å². The molecule has 1 heterocycles. The summed E-state index contributed by atoms with van der Waals surface area (Å²) in [5.41, 5.74) is 0.405. The van der Waals surface area contributed by atoms with E-state index >= 15 is 0 Å². The van der Waals surface area contributed by atoms with Gasteiger partial charge < -0.3 is 15.4 Å². The van der Waals surface area contributed by atoms with Crippen molar-refractivity contribution in [2.75, 3.05) is 25.4 Å². The van der Waals surface area contributed by atoms with Crippen LogP contribution in [0.25, 0.3) is 0 Å². The van der Waals surface area contributed by atoms with Gasteiger partial charge in [-0.2, -0.15) is 0 Å². The number of nitrogens with zero attached hydrogens (tertiary/aromatic N) is 1. The molecule has 0 bridgehead atoms. The molecule has 0 radical (unpaired) electrons. The molecule has 4 amide bonds. The highest BCUT2D eigenvalue weighted by molar-refractivity contribution is 8.76. The number of ether oxygens (including phenoxy) is 1. The zero-order valence-electron chi connectivity index (χ0n) is 26.9. The van der Waals surface area contributed by atoms with E-state index in [9.17, 15) is 33.6 Å². The van der Waals surface area contributed by atoms with Crippen molar-refractivity contribution in [2.24, 2.45) is 5.41 Å². The van der Waals surface area contributed by atoms with Gasteiger partial charge in [0.2, 0.25) is 11.8 Å². The first-order valence-electron chi connectivity index (χ1n) is 15.5. The Labute approximate surface area is 278 Å². The van der Waals surface area contributed by atoms with Crippen LogP contribution in [-0.4, -0.2) is 71.5 Å². The lowest BCUT2D eigenvalue weighted by atomic mass is 9.97. The van der Waals surface area contributed by atoms with Gasteiger partial charge >= 0.3 is 5.97 Å². The molecule has 0 spiro atoms. The third-order valence-corrected chi connectivity index (χ3v) is 9.25. The van der Waals surface area contributed by atoms with Crippen LogP contribution in [0.5, 0.6) is 0 Å². The van der Waals surface area contributed by atoms with Crippen LogP contribution in [-0.2, 0) is 44.9 Å². The first-order valence-corrected chi connectivity index (χ1v) is 17.8. The molecule has 0 aliphatic carbocycles. The highest BCUT2D eigenvalue weighted by atomic mass is 33.1. The standard InChI is InChI=1S/C33H45N3O8S2/c1-33(2,3)32(43)44-23-24-11-14-27(15-12-24)46-45-20-8-6-9-25(37)21-35-29(40)16-13-26(38)22-34-28(39)10-5-4-7-19-36-30(41)17-18-31(36)42/h11-12,14-15,17-18H,4-10,13,16,19-23H2,1-3H3,(H,34,39)(H,35,40). The molecule has 2 N–H and O–H groups in total. The molecule has 13 heteroatoms. The Bertz CT molecular complexity index is 1240. The average molecular weight is 676 g/mol. The quantitative estimate of drug-likeness (QED) is 0.0786. The fourth-order valence-corrected chi connectivity index (χ4v) is 6.12. The summed E-state index contributed by atoms with van der Waals surface area (Å²) < 4.78 is 5.33. The molecule has 46 heavy (non-hydrogen) atoms. The summed E-state index contributed by atoms with van der Waals surface area (Å²) in [6.07, 6.45) is 6.37. The number of amides is 4. The van der Waals surface area contributed by atoms with Crippen molar-refractivity contribution in [2.45, 2.75) is 90.1 Å². The molecule has 0 unspecified atom stereocenters. The summed E-state index contributed by atoms with van der Waals surface area (Å²) >= 11 is 0. The van der Waals surface area contributed by atoms with Crippen molar-refractivity contribution in [1.82, 2.24) is 15.5 Å².